The lowest BCUT2D eigenvalue weighted by Crippen LogP contribution is -2.20. The Hall–Kier alpha value is -3.68. The first-order valence-corrected chi connectivity index (χ1v) is 10.7. The fraction of sp³-hybridized carbons (Fsp3) is 0.240. The van der Waals surface area contributed by atoms with Gasteiger partial charge in [-0.15, -0.1) is 0 Å². The van der Waals surface area contributed by atoms with Gasteiger partial charge in [-0.3, -0.25) is 4.79 Å². The molecule has 1 aliphatic carbocycles. The zero-order chi connectivity index (χ0) is 23.2. The van der Waals surface area contributed by atoms with E-state index in [1.165, 1.54) is 11.6 Å². The molecule has 168 valence electrons. The highest BCUT2D eigenvalue weighted by molar-refractivity contribution is 5.92. The highest BCUT2D eigenvalue weighted by Gasteiger charge is 2.37. The Labute approximate surface area is 188 Å². The summed E-state index contributed by atoms with van der Waals surface area (Å²) in [5.41, 5.74) is 2.63. The molecule has 0 aliphatic heterocycles. The van der Waals surface area contributed by atoms with E-state index >= 15 is 0 Å². The van der Waals surface area contributed by atoms with Crippen LogP contribution >= 0.6 is 0 Å². The predicted octanol–water partition coefficient (Wildman–Crippen LogP) is 5.94. The standard InChI is InChI=1S/C25H21F3N4O/c1-15-23-20(25(26,27)28)13-21(18-7-8-18)30-24(23)32(31-15)14-22(33)29-19-11-9-17(10-12-19)16-5-3-2-4-6-16/h2-6,9-13,18H,7-8,14H2,1H3,(H,29,33). The summed E-state index contributed by atoms with van der Waals surface area (Å²) in [6, 6.07) is 18.4. The molecule has 33 heavy (non-hydrogen) atoms. The fourth-order valence-electron chi connectivity index (χ4n) is 4.01. The minimum Gasteiger partial charge on any atom is -0.324 e. The van der Waals surface area contributed by atoms with Crippen molar-refractivity contribution in [3.63, 3.8) is 0 Å². The fourth-order valence-corrected chi connectivity index (χ4v) is 4.01. The number of benzene rings is 2. The molecule has 5 nitrogen and oxygen atoms in total. The normalized spacial score (nSPS) is 13.9. The third-order valence-electron chi connectivity index (χ3n) is 5.77. The van der Waals surface area contributed by atoms with Crippen molar-refractivity contribution in [2.45, 2.75) is 38.4 Å². The van der Waals surface area contributed by atoms with Crippen LogP contribution in [0.1, 0.15) is 35.7 Å². The number of nitrogens with one attached hydrogen (secondary N) is 1. The van der Waals surface area contributed by atoms with Crippen molar-refractivity contribution in [3.8, 4) is 11.1 Å². The van der Waals surface area contributed by atoms with Crippen LogP contribution in [0.5, 0.6) is 0 Å². The van der Waals surface area contributed by atoms with Gasteiger partial charge < -0.3 is 5.32 Å². The van der Waals surface area contributed by atoms with Gasteiger partial charge in [0.15, 0.2) is 5.65 Å². The van der Waals surface area contributed by atoms with Crippen molar-refractivity contribution < 1.29 is 18.0 Å². The Morgan fingerprint density at radius 3 is 2.36 bits per heavy atom. The Morgan fingerprint density at radius 2 is 1.73 bits per heavy atom. The maximum atomic E-state index is 13.7. The van der Waals surface area contributed by atoms with E-state index in [2.05, 4.69) is 15.4 Å². The van der Waals surface area contributed by atoms with Gasteiger partial charge in [0.1, 0.15) is 6.54 Å². The van der Waals surface area contributed by atoms with E-state index in [0.717, 1.165) is 30.0 Å². The van der Waals surface area contributed by atoms with E-state index in [-0.39, 0.29) is 35.1 Å². The number of carbonyl (C=O) groups excluding carboxylic acids is 1. The Kier molecular flexibility index (Phi) is 5.15. The molecule has 2 aromatic heterocycles. The van der Waals surface area contributed by atoms with Crippen LogP contribution in [0.2, 0.25) is 0 Å². The van der Waals surface area contributed by atoms with Crippen LogP contribution in [0.15, 0.2) is 60.7 Å². The lowest BCUT2D eigenvalue weighted by molar-refractivity contribution is -0.136. The first kappa shape index (κ1) is 21.2. The van der Waals surface area contributed by atoms with Crippen LogP contribution in [-0.2, 0) is 17.5 Å². The molecule has 2 aromatic carbocycles. The third-order valence-corrected chi connectivity index (χ3v) is 5.77. The van der Waals surface area contributed by atoms with Crippen molar-refractivity contribution in [3.05, 3.63) is 77.6 Å². The Morgan fingerprint density at radius 1 is 1.06 bits per heavy atom. The van der Waals surface area contributed by atoms with Crippen molar-refractivity contribution in [1.82, 2.24) is 14.8 Å². The van der Waals surface area contributed by atoms with Crippen molar-refractivity contribution in [1.29, 1.82) is 0 Å². The van der Waals surface area contributed by atoms with Crippen molar-refractivity contribution >= 4 is 22.6 Å². The zero-order valence-corrected chi connectivity index (χ0v) is 17.9. The van der Waals surface area contributed by atoms with Gasteiger partial charge in [-0.05, 0) is 49.1 Å². The van der Waals surface area contributed by atoms with Gasteiger partial charge in [-0.2, -0.15) is 18.3 Å². The van der Waals surface area contributed by atoms with Gasteiger partial charge in [0.25, 0.3) is 0 Å². The molecule has 0 spiro atoms. The molecule has 8 heteroatoms. The van der Waals surface area contributed by atoms with Gasteiger partial charge in [-0.1, -0.05) is 42.5 Å². The van der Waals surface area contributed by atoms with Gasteiger partial charge in [0, 0.05) is 17.3 Å². The molecule has 1 saturated carbocycles. The van der Waals surface area contributed by atoms with E-state index in [9.17, 15) is 18.0 Å². The van der Waals surface area contributed by atoms with Gasteiger partial charge in [-0.25, -0.2) is 9.67 Å². The molecule has 1 aliphatic rings. The number of aryl methyl sites for hydroxylation is 1. The number of hydrogen-bond donors (Lipinski definition) is 1. The molecule has 0 bridgehead atoms. The summed E-state index contributed by atoms with van der Waals surface area (Å²) in [6.07, 6.45) is -2.88. The van der Waals surface area contributed by atoms with E-state index < -0.39 is 11.7 Å². The molecule has 0 saturated heterocycles. The average molecular weight is 450 g/mol. The van der Waals surface area contributed by atoms with Crippen LogP contribution in [-0.4, -0.2) is 20.7 Å². The summed E-state index contributed by atoms with van der Waals surface area (Å²) < 4.78 is 42.5. The van der Waals surface area contributed by atoms with Crippen LogP contribution in [0, 0.1) is 6.92 Å². The van der Waals surface area contributed by atoms with Gasteiger partial charge in [0.05, 0.1) is 16.6 Å². The van der Waals surface area contributed by atoms with E-state index in [0.29, 0.717) is 11.4 Å². The smallest absolute Gasteiger partial charge is 0.324 e. The molecular formula is C25H21F3N4O. The van der Waals surface area contributed by atoms with Crippen LogP contribution in [0.3, 0.4) is 0 Å². The largest absolute Gasteiger partial charge is 0.417 e. The molecular weight excluding hydrogens is 429 g/mol. The number of carbonyl (C=O) groups is 1. The lowest BCUT2D eigenvalue weighted by Gasteiger charge is -2.11. The summed E-state index contributed by atoms with van der Waals surface area (Å²) in [7, 11) is 0. The number of alkyl halides is 3. The van der Waals surface area contributed by atoms with E-state index in [4.69, 9.17) is 0 Å². The molecule has 4 aromatic rings. The molecule has 0 radical (unpaired) electrons. The van der Waals surface area contributed by atoms with E-state index in [1.54, 1.807) is 12.1 Å². The predicted molar refractivity (Wildman–Crippen MR) is 120 cm³/mol. The summed E-state index contributed by atoms with van der Waals surface area (Å²) in [5, 5.41) is 6.95. The summed E-state index contributed by atoms with van der Waals surface area (Å²) in [6.45, 7) is 1.27. The average Bonchev–Trinajstić information content (AvgIpc) is 3.59. The van der Waals surface area contributed by atoms with Gasteiger partial charge >= 0.3 is 6.18 Å². The number of nitrogens with zero attached hydrogens (tertiary/aromatic N) is 3. The highest BCUT2D eigenvalue weighted by Crippen LogP contribution is 2.43. The second-order valence-corrected chi connectivity index (χ2v) is 8.30. The van der Waals surface area contributed by atoms with Crippen LogP contribution in [0.4, 0.5) is 18.9 Å². The maximum Gasteiger partial charge on any atom is 0.417 e. The third kappa shape index (κ3) is 4.33. The topological polar surface area (TPSA) is 59.8 Å². The Balaban J connectivity index is 1.40. The molecule has 1 fully saturated rings. The lowest BCUT2D eigenvalue weighted by atomic mass is 10.1. The summed E-state index contributed by atoms with van der Waals surface area (Å²) >= 11 is 0. The summed E-state index contributed by atoms with van der Waals surface area (Å²) in [4.78, 5) is 17.1. The number of anilines is 1. The number of amides is 1. The van der Waals surface area contributed by atoms with E-state index in [1.807, 2.05) is 42.5 Å². The minimum absolute atomic E-state index is 0.0381. The first-order valence-electron chi connectivity index (χ1n) is 10.7. The summed E-state index contributed by atoms with van der Waals surface area (Å²) in [5.74, 6) is -0.352. The molecule has 0 unspecified atom stereocenters. The molecule has 1 N–H and O–H groups in total. The number of pyridine rings is 1. The Bertz CT molecular complexity index is 1320. The molecule has 5 rings (SSSR count). The second-order valence-electron chi connectivity index (χ2n) is 8.30. The van der Waals surface area contributed by atoms with Crippen molar-refractivity contribution in [2.75, 3.05) is 5.32 Å². The number of fused-ring (bicyclic) bond motifs is 1. The van der Waals surface area contributed by atoms with Crippen LogP contribution < -0.4 is 5.32 Å². The van der Waals surface area contributed by atoms with Gasteiger partial charge in [0.2, 0.25) is 5.91 Å². The molecule has 1 amide bonds. The second kappa shape index (κ2) is 8.03. The minimum atomic E-state index is -4.52. The molecule has 2 heterocycles. The number of rotatable bonds is 5. The zero-order valence-electron chi connectivity index (χ0n) is 17.9. The van der Waals surface area contributed by atoms with Crippen LogP contribution in [0.25, 0.3) is 22.2 Å². The highest BCUT2D eigenvalue weighted by atomic mass is 19.4. The SMILES string of the molecule is Cc1nn(CC(=O)Nc2ccc(-c3ccccc3)cc2)c2nc(C3CC3)cc(C(F)(F)F)c12. The quantitative estimate of drug-likeness (QED) is 0.409. The number of halogens is 3. The molecule has 0 atom stereocenters. The van der Waals surface area contributed by atoms with Crippen molar-refractivity contribution in [2.24, 2.45) is 0 Å². The number of hydrogen-bond acceptors (Lipinski definition) is 3. The maximum absolute atomic E-state index is 13.7. The first-order chi connectivity index (χ1) is 15.8. The monoisotopic (exact) mass is 450 g/mol. The number of aromatic nitrogens is 3.